The fraction of sp³-hybridized carbons (Fsp3) is 0.529. The number of carbonyl (C=O) groups excluding carboxylic acids is 2. The summed E-state index contributed by atoms with van der Waals surface area (Å²) in [5.74, 6) is -0.246. The summed E-state index contributed by atoms with van der Waals surface area (Å²) in [6.45, 7) is 3.66. The molecule has 1 saturated heterocycles. The minimum atomic E-state index is -0.131. The highest BCUT2D eigenvalue weighted by Crippen LogP contribution is 2.19. The number of hydrogen-bond donors (Lipinski definition) is 0. The van der Waals surface area contributed by atoms with Crippen LogP contribution in [0.4, 0.5) is 0 Å². The Balaban J connectivity index is 2.33. The minimum Gasteiger partial charge on any atom is -0.345 e. The van der Waals surface area contributed by atoms with Crippen molar-refractivity contribution in [2.75, 3.05) is 34.2 Å². The van der Waals surface area contributed by atoms with Crippen LogP contribution in [0.3, 0.4) is 0 Å². The molecule has 1 aromatic carbocycles. The Labute approximate surface area is 132 Å². The first kappa shape index (κ1) is 16.5. The van der Waals surface area contributed by atoms with Gasteiger partial charge in [-0.25, -0.2) is 5.01 Å². The van der Waals surface area contributed by atoms with Crippen molar-refractivity contribution in [1.82, 2.24) is 14.9 Å². The van der Waals surface area contributed by atoms with Crippen molar-refractivity contribution in [2.24, 2.45) is 0 Å². The molecule has 2 rings (SSSR count). The summed E-state index contributed by atoms with van der Waals surface area (Å²) in [6.07, 6.45) is 3.43. The quantitative estimate of drug-likeness (QED) is 0.859. The zero-order valence-corrected chi connectivity index (χ0v) is 13.9. The van der Waals surface area contributed by atoms with Crippen molar-refractivity contribution < 1.29 is 9.59 Å². The Bertz CT molecular complexity index is 563. The molecule has 5 heteroatoms. The molecule has 1 aliphatic heterocycles. The van der Waals surface area contributed by atoms with Crippen LogP contribution in [0.2, 0.25) is 0 Å². The van der Waals surface area contributed by atoms with E-state index >= 15 is 0 Å². The number of carbonyl (C=O) groups is 2. The number of hydrazine groups is 1. The van der Waals surface area contributed by atoms with Crippen LogP contribution in [0.5, 0.6) is 0 Å². The van der Waals surface area contributed by atoms with Gasteiger partial charge in [0.25, 0.3) is 11.8 Å². The molecule has 0 spiro atoms. The van der Waals surface area contributed by atoms with Crippen molar-refractivity contribution in [3.05, 3.63) is 34.9 Å². The van der Waals surface area contributed by atoms with E-state index in [-0.39, 0.29) is 11.8 Å². The van der Waals surface area contributed by atoms with Gasteiger partial charge in [-0.05, 0) is 31.4 Å². The smallest absolute Gasteiger partial charge is 0.268 e. The van der Waals surface area contributed by atoms with Crippen LogP contribution in [0.15, 0.2) is 18.2 Å². The molecule has 1 aliphatic rings. The van der Waals surface area contributed by atoms with Crippen molar-refractivity contribution in [1.29, 1.82) is 0 Å². The van der Waals surface area contributed by atoms with Crippen LogP contribution >= 0.6 is 0 Å². The van der Waals surface area contributed by atoms with Crippen molar-refractivity contribution in [3.8, 4) is 0 Å². The third kappa shape index (κ3) is 3.30. The maximum absolute atomic E-state index is 12.9. The maximum Gasteiger partial charge on any atom is 0.268 e. The SMILES string of the molecule is Cc1cccc(C(=O)N(C)N2CCCCC2)c1C(=O)N(C)C. The second kappa shape index (κ2) is 6.92. The number of benzene rings is 1. The van der Waals surface area contributed by atoms with Gasteiger partial charge in [-0.1, -0.05) is 18.6 Å². The number of hydrogen-bond acceptors (Lipinski definition) is 3. The summed E-state index contributed by atoms with van der Waals surface area (Å²) in [6, 6.07) is 5.44. The van der Waals surface area contributed by atoms with Gasteiger partial charge >= 0.3 is 0 Å². The van der Waals surface area contributed by atoms with Gasteiger partial charge in [0, 0.05) is 34.2 Å². The van der Waals surface area contributed by atoms with Crippen LogP contribution in [0, 0.1) is 6.92 Å². The molecular formula is C17H25N3O2. The molecule has 2 amide bonds. The summed E-state index contributed by atoms with van der Waals surface area (Å²) in [5.41, 5.74) is 1.81. The zero-order chi connectivity index (χ0) is 16.3. The lowest BCUT2D eigenvalue weighted by molar-refractivity contribution is -0.00511. The molecule has 0 saturated carbocycles. The third-order valence-corrected chi connectivity index (χ3v) is 4.17. The van der Waals surface area contributed by atoms with Crippen molar-refractivity contribution in [3.63, 3.8) is 0 Å². The van der Waals surface area contributed by atoms with Crippen LogP contribution < -0.4 is 0 Å². The lowest BCUT2D eigenvalue weighted by atomic mass is 10.00. The van der Waals surface area contributed by atoms with Crippen LogP contribution in [-0.2, 0) is 0 Å². The van der Waals surface area contributed by atoms with Crippen LogP contribution in [-0.4, -0.2) is 61.0 Å². The molecule has 0 atom stereocenters. The fourth-order valence-electron chi connectivity index (χ4n) is 2.83. The molecule has 0 bridgehead atoms. The molecule has 0 aromatic heterocycles. The van der Waals surface area contributed by atoms with Crippen LogP contribution in [0.1, 0.15) is 45.5 Å². The van der Waals surface area contributed by atoms with Gasteiger partial charge in [-0.15, -0.1) is 0 Å². The molecule has 22 heavy (non-hydrogen) atoms. The minimum absolute atomic E-state index is 0.115. The molecule has 0 unspecified atom stereocenters. The third-order valence-electron chi connectivity index (χ3n) is 4.17. The van der Waals surface area contributed by atoms with Crippen molar-refractivity contribution >= 4 is 11.8 Å². The van der Waals surface area contributed by atoms with Crippen LogP contribution in [0.25, 0.3) is 0 Å². The topological polar surface area (TPSA) is 43.9 Å². The van der Waals surface area contributed by atoms with E-state index in [4.69, 9.17) is 0 Å². The van der Waals surface area contributed by atoms with Gasteiger partial charge < -0.3 is 4.90 Å². The van der Waals surface area contributed by atoms with E-state index < -0.39 is 0 Å². The second-order valence-corrected chi connectivity index (χ2v) is 6.04. The van der Waals surface area contributed by atoms with E-state index in [2.05, 4.69) is 5.01 Å². The van der Waals surface area contributed by atoms with Gasteiger partial charge in [0.15, 0.2) is 0 Å². The summed E-state index contributed by atoms with van der Waals surface area (Å²) < 4.78 is 0. The molecule has 1 heterocycles. The summed E-state index contributed by atoms with van der Waals surface area (Å²) in [7, 11) is 5.20. The molecule has 1 fully saturated rings. The molecule has 5 nitrogen and oxygen atoms in total. The first-order valence-electron chi connectivity index (χ1n) is 7.77. The molecule has 0 N–H and O–H groups in total. The highest BCUT2D eigenvalue weighted by atomic mass is 16.2. The van der Waals surface area contributed by atoms with Gasteiger partial charge in [0.05, 0.1) is 11.1 Å². The fourth-order valence-corrected chi connectivity index (χ4v) is 2.83. The summed E-state index contributed by atoms with van der Waals surface area (Å²) in [5, 5.41) is 3.73. The second-order valence-electron chi connectivity index (χ2n) is 6.04. The molecule has 0 radical (unpaired) electrons. The molecule has 0 aliphatic carbocycles. The van der Waals surface area contributed by atoms with E-state index in [1.54, 1.807) is 32.2 Å². The first-order valence-corrected chi connectivity index (χ1v) is 7.77. The number of nitrogens with zero attached hydrogens (tertiary/aromatic N) is 3. The van der Waals surface area contributed by atoms with E-state index in [1.165, 1.54) is 11.3 Å². The number of rotatable bonds is 3. The number of piperidine rings is 1. The van der Waals surface area contributed by atoms with Gasteiger partial charge in [0.2, 0.25) is 0 Å². The van der Waals surface area contributed by atoms with Gasteiger partial charge in [0.1, 0.15) is 0 Å². The Kier molecular flexibility index (Phi) is 5.19. The average molecular weight is 303 g/mol. The highest BCUT2D eigenvalue weighted by Gasteiger charge is 2.26. The number of aryl methyl sites for hydroxylation is 1. The predicted molar refractivity (Wildman–Crippen MR) is 86.7 cm³/mol. The summed E-state index contributed by atoms with van der Waals surface area (Å²) in [4.78, 5) is 26.8. The Morgan fingerprint density at radius 2 is 1.64 bits per heavy atom. The molecule has 1 aromatic rings. The monoisotopic (exact) mass is 303 g/mol. The molecule has 120 valence electrons. The largest absolute Gasteiger partial charge is 0.345 e. The molecular weight excluding hydrogens is 278 g/mol. The van der Waals surface area contributed by atoms with E-state index in [1.807, 2.05) is 19.1 Å². The standard InChI is InChI=1S/C17H25N3O2/c1-13-9-8-10-14(15(13)17(22)18(2)3)16(21)19(4)20-11-6-5-7-12-20/h8-10H,5-7,11-12H2,1-4H3. The first-order chi connectivity index (χ1) is 10.4. The average Bonchev–Trinajstić information content (AvgIpc) is 2.53. The lowest BCUT2D eigenvalue weighted by Crippen LogP contribution is -2.46. The number of amides is 2. The highest BCUT2D eigenvalue weighted by molar-refractivity contribution is 6.07. The van der Waals surface area contributed by atoms with E-state index in [0.717, 1.165) is 31.5 Å². The normalized spacial score (nSPS) is 15.5. The van der Waals surface area contributed by atoms with E-state index in [0.29, 0.717) is 11.1 Å². The van der Waals surface area contributed by atoms with Gasteiger partial charge in [-0.2, -0.15) is 0 Å². The predicted octanol–water partition coefficient (Wildman–Crippen LogP) is 2.17. The Morgan fingerprint density at radius 3 is 2.23 bits per heavy atom. The van der Waals surface area contributed by atoms with Crippen molar-refractivity contribution in [2.45, 2.75) is 26.2 Å². The maximum atomic E-state index is 12.9. The van der Waals surface area contributed by atoms with E-state index in [9.17, 15) is 9.59 Å². The lowest BCUT2D eigenvalue weighted by Gasteiger charge is -2.35. The summed E-state index contributed by atoms with van der Waals surface area (Å²) >= 11 is 0. The van der Waals surface area contributed by atoms with Gasteiger partial charge in [-0.3, -0.25) is 14.6 Å². The Hall–Kier alpha value is -1.88. The Morgan fingerprint density at radius 1 is 1.00 bits per heavy atom. The zero-order valence-electron chi connectivity index (χ0n) is 13.9.